The minimum Gasteiger partial charge on any atom is -0.487 e. The van der Waals surface area contributed by atoms with E-state index in [1.807, 2.05) is 12.1 Å². The average molecular weight is 248 g/mol. The summed E-state index contributed by atoms with van der Waals surface area (Å²) in [6.07, 6.45) is 1.79. The van der Waals surface area contributed by atoms with Crippen molar-refractivity contribution in [3.05, 3.63) is 29.3 Å². The summed E-state index contributed by atoms with van der Waals surface area (Å²) >= 11 is 0. The monoisotopic (exact) mass is 248 g/mol. The van der Waals surface area contributed by atoms with E-state index in [1.165, 1.54) is 5.56 Å². The molecule has 0 aliphatic carbocycles. The molecule has 1 aromatic rings. The Morgan fingerprint density at radius 1 is 1.50 bits per heavy atom. The van der Waals surface area contributed by atoms with Gasteiger partial charge in [-0.25, -0.2) is 0 Å². The smallest absolute Gasteiger partial charge is 0.217 e. The summed E-state index contributed by atoms with van der Waals surface area (Å²) in [4.78, 5) is 10.8. The highest BCUT2D eigenvalue weighted by molar-refractivity contribution is 5.73. The van der Waals surface area contributed by atoms with Gasteiger partial charge in [-0.3, -0.25) is 4.79 Å². The first kappa shape index (κ1) is 12.9. The van der Waals surface area contributed by atoms with Crippen LogP contribution in [0, 0.1) is 0 Å². The number of nitrogens with two attached hydrogens (primary N) is 2. The fourth-order valence-electron chi connectivity index (χ4n) is 2.32. The van der Waals surface area contributed by atoms with Crippen molar-refractivity contribution in [2.24, 2.45) is 11.5 Å². The third-order valence-corrected chi connectivity index (χ3v) is 3.22. The maximum absolute atomic E-state index is 10.8. The fourth-order valence-corrected chi connectivity index (χ4v) is 2.32. The number of rotatable bonds is 4. The topological polar surface area (TPSA) is 78.3 Å². The molecule has 18 heavy (non-hydrogen) atoms. The number of carbonyl (C=O) groups excluding carboxylic acids is 1. The van der Waals surface area contributed by atoms with Crippen molar-refractivity contribution in [3.63, 3.8) is 0 Å². The molecule has 0 saturated carbocycles. The first-order valence-corrected chi connectivity index (χ1v) is 6.23. The van der Waals surface area contributed by atoms with Crippen molar-refractivity contribution in [2.75, 3.05) is 0 Å². The SMILES string of the molecule is CC1(C)Cc2cc(C(N)CCC(N)=O)ccc2O1. The highest BCUT2D eigenvalue weighted by Crippen LogP contribution is 2.36. The van der Waals surface area contributed by atoms with Crippen molar-refractivity contribution in [1.29, 1.82) is 0 Å². The lowest BCUT2D eigenvalue weighted by atomic mass is 9.96. The summed E-state index contributed by atoms with van der Waals surface area (Å²) < 4.78 is 5.81. The van der Waals surface area contributed by atoms with Gasteiger partial charge in [-0.2, -0.15) is 0 Å². The van der Waals surface area contributed by atoms with E-state index in [4.69, 9.17) is 16.2 Å². The zero-order chi connectivity index (χ0) is 13.3. The first-order valence-electron chi connectivity index (χ1n) is 6.23. The number of ether oxygens (including phenoxy) is 1. The number of primary amides is 1. The van der Waals surface area contributed by atoms with Gasteiger partial charge in [0.25, 0.3) is 0 Å². The molecule has 1 unspecified atom stereocenters. The van der Waals surface area contributed by atoms with E-state index in [9.17, 15) is 4.79 Å². The Morgan fingerprint density at radius 3 is 2.89 bits per heavy atom. The molecule has 1 aromatic carbocycles. The van der Waals surface area contributed by atoms with Gasteiger partial charge in [-0.15, -0.1) is 0 Å². The van der Waals surface area contributed by atoms with Crippen LogP contribution in [-0.4, -0.2) is 11.5 Å². The normalized spacial score (nSPS) is 17.9. The number of hydrogen-bond donors (Lipinski definition) is 2. The molecule has 0 aromatic heterocycles. The standard InChI is InChI=1S/C14H20N2O2/c1-14(2)8-10-7-9(3-5-12(10)18-14)11(15)4-6-13(16)17/h3,5,7,11H,4,6,8,15H2,1-2H3,(H2,16,17). The highest BCUT2D eigenvalue weighted by atomic mass is 16.5. The van der Waals surface area contributed by atoms with Crippen molar-refractivity contribution in [2.45, 2.75) is 44.8 Å². The molecule has 1 aliphatic heterocycles. The summed E-state index contributed by atoms with van der Waals surface area (Å²) in [5.41, 5.74) is 13.3. The maximum atomic E-state index is 10.8. The van der Waals surface area contributed by atoms with Crippen LogP contribution in [0.5, 0.6) is 5.75 Å². The van der Waals surface area contributed by atoms with Crippen molar-refractivity contribution >= 4 is 5.91 Å². The van der Waals surface area contributed by atoms with Crippen molar-refractivity contribution < 1.29 is 9.53 Å². The number of fused-ring (bicyclic) bond motifs is 1. The van der Waals surface area contributed by atoms with E-state index in [-0.39, 0.29) is 17.6 Å². The van der Waals surface area contributed by atoms with Gasteiger partial charge in [0.05, 0.1) is 0 Å². The van der Waals surface area contributed by atoms with Crippen LogP contribution in [0.15, 0.2) is 18.2 Å². The molecule has 0 bridgehead atoms. The predicted molar refractivity (Wildman–Crippen MR) is 70.2 cm³/mol. The van der Waals surface area contributed by atoms with Crippen LogP contribution in [-0.2, 0) is 11.2 Å². The van der Waals surface area contributed by atoms with Gasteiger partial charge in [-0.05, 0) is 37.5 Å². The van der Waals surface area contributed by atoms with Crippen molar-refractivity contribution in [1.82, 2.24) is 0 Å². The fraction of sp³-hybridized carbons (Fsp3) is 0.500. The Morgan fingerprint density at radius 2 is 2.22 bits per heavy atom. The van der Waals surface area contributed by atoms with Gasteiger partial charge >= 0.3 is 0 Å². The molecule has 0 fully saturated rings. The van der Waals surface area contributed by atoms with Crippen LogP contribution in [0.2, 0.25) is 0 Å². The second-order valence-electron chi connectivity index (χ2n) is 5.52. The molecule has 4 nitrogen and oxygen atoms in total. The van der Waals surface area contributed by atoms with E-state index in [1.54, 1.807) is 0 Å². The molecule has 1 heterocycles. The molecule has 1 atom stereocenters. The minimum atomic E-state index is -0.309. The summed E-state index contributed by atoms with van der Waals surface area (Å²) in [6, 6.07) is 5.86. The molecule has 0 spiro atoms. The largest absolute Gasteiger partial charge is 0.487 e. The zero-order valence-corrected chi connectivity index (χ0v) is 10.9. The molecule has 1 amide bonds. The first-order chi connectivity index (χ1) is 8.37. The van der Waals surface area contributed by atoms with Crippen LogP contribution in [0.1, 0.15) is 43.9 Å². The predicted octanol–water partition coefficient (Wildman–Crippen LogP) is 1.67. The molecule has 4 N–H and O–H groups in total. The molecule has 1 aliphatic rings. The third-order valence-electron chi connectivity index (χ3n) is 3.22. The second kappa shape index (κ2) is 4.61. The lowest BCUT2D eigenvalue weighted by Crippen LogP contribution is -2.24. The van der Waals surface area contributed by atoms with Crippen LogP contribution < -0.4 is 16.2 Å². The molecule has 98 valence electrons. The Hall–Kier alpha value is -1.55. The average Bonchev–Trinajstić information content (AvgIpc) is 2.58. The summed E-state index contributed by atoms with van der Waals surface area (Å²) in [6.45, 7) is 4.14. The number of amides is 1. The summed E-state index contributed by atoms with van der Waals surface area (Å²) in [5, 5.41) is 0. The summed E-state index contributed by atoms with van der Waals surface area (Å²) in [7, 11) is 0. The highest BCUT2D eigenvalue weighted by Gasteiger charge is 2.30. The quantitative estimate of drug-likeness (QED) is 0.850. The maximum Gasteiger partial charge on any atom is 0.217 e. The van der Waals surface area contributed by atoms with Gasteiger partial charge in [0.1, 0.15) is 11.4 Å². The molecule has 0 radical (unpaired) electrons. The van der Waals surface area contributed by atoms with Crippen LogP contribution in [0.3, 0.4) is 0 Å². The van der Waals surface area contributed by atoms with E-state index in [2.05, 4.69) is 19.9 Å². The van der Waals surface area contributed by atoms with E-state index in [0.29, 0.717) is 12.8 Å². The number of benzene rings is 1. The molecule has 0 saturated heterocycles. The third kappa shape index (κ3) is 2.82. The molecule has 2 rings (SSSR count). The van der Waals surface area contributed by atoms with Crippen LogP contribution in [0.4, 0.5) is 0 Å². The molecular formula is C14H20N2O2. The lowest BCUT2D eigenvalue weighted by molar-refractivity contribution is -0.118. The Balaban J connectivity index is 2.11. The van der Waals surface area contributed by atoms with Crippen LogP contribution >= 0.6 is 0 Å². The molecular weight excluding hydrogens is 228 g/mol. The van der Waals surface area contributed by atoms with E-state index < -0.39 is 0 Å². The number of hydrogen-bond acceptors (Lipinski definition) is 3. The Bertz CT molecular complexity index is 469. The second-order valence-corrected chi connectivity index (χ2v) is 5.52. The van der Waals surface area contributed by atoms with Gasteiger partial charge in [0.2, 0.25) is 5.91 Å². The summed E-state index contributed by atoms with van der Waals surface area (Å²) in [5.74, 6) is 0.627. The van der Waals surface area contributed by atoms with E-state index >= 15 is 0 Å². The van der Waals surface area contributed by atoms with Crippen molar-refractivity contribution in [3.8, 4) is 5.75 Å². The van der Waals surface area contributed by atoms with Gasteiger partial charge in [0.15, 0.2) is 0 Å². The van der Waals surface area contributed by atoms with Crippen LogP contribution in [0.25, 0.3) is 0 Å². The van der Waals surface area contributed by atoms with E-state index in [0.717, 1.165) is 17.7 Å². The minimum absolute atomic E-state index is 0.141. The zero-order valence-electron chi connectivity index (χ0n) is 10.9. The Kier molecular flexibility index (Phi) is 3.30. The van der Waals surface area contributed by atoms with Gasteiger partial charge < -0.3 is 16.2 Å². The Labute approximate surface area is 107 Å². The number of carbonyl (C=O) groups is 1. The molecule has 4 heteroatoms. The van der Waals surface area contributed by atoms with Gasteiger partial charge in [-0.1, -0.05) is 12.1 Å². The lowest BCUT2D eigenvalue weighted by Gasteiger charge is -2.16. The van der Waals surface area contributed by atoms with Gasteiger partial charge in [0, 0.05) is 18.9 Å².